The second-order valence-electron chi connectivity index (χ2n) is 10.3. The summed E-state index contributed by atoms with van der Waals surface area (Å²) >= 11 is 0. The van der Waals surface area contributed by atoms with Crippen LogP contribution in [0.3, 0.4) is 0 Å². The van der Waals surface area contributed by atoms with Crippen molar-refractivity contribution in [2.75, 3.05) is 18.0 Å². The van der Waals surface area contributed by atoms with Crippen LogP contribution in [0.1, 0.15) is 34.3 Å². The van der Waals surface area contributed by atoms with Crippen LogP contribution in [0.15, 0.2) is 103 Å². The first kappa shape index (κ1) is 25.5. The Labute approximate surface area is 234 Å². The first-order chi connectivity index (χ1) is 19.6. The Morgan fingerprint density at radius 1 is 0.925 bits per heavy atom. The van der Waals surface area contributed by atoms with Crippen LogP contribution in [0, 0.1) is 18.3 Å². The number of hydrogen-bond acceptors (Lipinski definition) is 4. The number of carbonyl (C=O) groups is 1. The first-order valence-corrected chi connectivity index (χ1v) is 13.7. The highest BCUT2D eigenvalue weighted by Gasteiger charge is 2.30. The standard InChI is InChI=1S/C35H30N4O/c1-24-7-5-10-28-18-20-38-34(33(24)28)39(31-11-6-19-37-23-31)35(40)29-16-17-30(22-36)32(21-29)27-14-12-26(13-15-27)25-8-3-2-4-9-25/h2-5,7-10,12-18,20-21,31,37H,6,11,19,23H2,1H3/t31-/m1/s1. The van der Waals surface area contributed by atoms with Crippen molar-refractivity contribution in [1.29, 1.82) is 5.26 Å². The molecule has 5 aromatic rings. The second kappa shape index (κ2) is 11.1. The molecular weight excluding hydrogens is 492 g/mol. The fraction of sp³-hybridized carbons (Fsp3) is 0.171. The van der Waals surface area contributed by atoms with Crippen molar-refractivity contribution in [3.8, 4) is 28.3 Å². The third kappa shape index (κ3) is 4.86. The number of amides is 1. The van der Waals surface area contributed by atoms with Gasteiger partial charge in [0.25, 0.3) is 5.91 Å². The maximum absolute atomic E-state index is 14.4. The highest BCUT2D eigenvalue weighted by atomic mass is 16.2. The van der Waals surface area contributed by atoms with Crippen molar-refractivity contribution in [1.82, 2.24) is 10.3 Å². The number of aryl methyl sites for hydroxylation is 1. The van der Waals surface area contributed by atoms with Crippen LogP contribution >= 0.6 is 0 Å². The number of nitrogens with one attached hydrogen (secondary N) is 1. The summed E-state index contributed by atoms with van der Waals surface area (Å²) in [6, 6.07) is 34.2. The molecule has 40 heavy (non-hydrogen) atoms. The third-order valence-electron chi connectivity index (χ3n) is 7.75. The molecule has 6 rings (SSSR count). The minimum absolute atomic E-state index is 0.0248. The molecule has 2 heterocycles. The van der Waals surface area contributed by atoms with Crippen molar-refractivity contribution >= 4 is 22.5 Å². The number of aromatic nitrogens is 1. The van der Waals surface area contributed by atoms with Crippen LogP contribution in [0.4, 0.5) is 5.82 Å². The molecule has 0 unspecified atom stereocenters. The lowest BCUT2D eigenvalue weighted by molar-refractivity contribution is 0.0972. The molecule has 4 aromatic carbocycles. The zero-order valence-corrected chi connectivity index (χ0v) is 22.5. The summed E-state index contributed by atoms with van der Waals surface area (Å²) in [5, 5.41) is 15.4. The molecule has 0 bridgehead atoms. The maximum Gasteiger partial charge on any atom is 0.259 e. The molecule has 0 radical (unpaired) electrons. The highest BCUT2D eigenvalue weighted by molar-refractivity contribution is 6.11. The summed E-state index contributed by atoms with van der Waals surface area (Å²) in [5.41, 5.74) is 6.04. The normalized spacial score (nSPS) is 14.9. The molecule has 1 saturated heterocycles. The molecule has 1 fully saturated rings. The van der Waals surface area contributed by atoms with Gasteiger partial charge in [0.15, 0.2) is 0 Å². The molecule has 1 aliphatic heterocycles. The van der Waals surface area contributed by atoms with Gasteiger partial charge >= 0.3 is 0 Å². The molecule has 0 spiro atoms. The molecule has 1 N–H and O–H groups in total. The predicted molar refractivity (Wildman–Crippen MR) is 161 cm³/mol. The summed E-state index contributed by atoms with van der Waals surface area (Å²) in [7, 11) is 0. The second-order valence-corrected chi connectivity index (χ2v) is 10.3. The van der Waals surface area contributed by atoms with Gasteiger partial charge in [-0.05, 0) is 78.2 Å². The Balaban J connectivity index is 1.43. The molecule has 1 amide bonds. The molecule has 1 aromatic heterocycles. The number of pyridine rings is 1. The van der Waals surface area contributed by atoms with E-state index in [9.17, 15) is 10.1 Å². The lowest BCUT2D eigenvalue weighted by atomic mass is 9.95. The van der Waals surface area contributed by atoms with E-state index >= 15 is 0 Å². The van der Waals surface area contributed by atoms with E-state index in [-0.39, 0.29) is 11.9 Å². The minimum atomic E-state index is -0.108. The van der Waals surface area contributed by atoms with Gasteiger partial charge in [0.2, 0.25) is 0 Å². The van der Waals surface area contributed by atoms with Gasteiger partial charge < -0.3 is 5.32 Å². The average Bonchev–Trinajstić information content (AvgIpc) is 3.02. The lowest BCUT2D eigenvalue weighted by Gasteiger charge is -2.35. The third-order valence-corrected chi connectivity index (χ3v) is 7.75. The predicted octanol–water partition coefficient (Wildman–Crippen LogP) is 7.15. The van der Waals surface area contributed by atoms with Gasteiger partial charge in [0.05, 0.1) is 17.7 Å². The van der Waals surface area contributed by atoms with E-state index < -0.39 is 0 Å². The quantitative estimate of drug-likeness (QED) is 0.266. The van der Waals surface area contributed by atoms with Gasteiger partial charge in [0, 0.05) is 29.3 Å². The van der Waals surface area contributed by atoms with E-state index in [0.717, 1.165) is 58.0 Å². The molecule has 1 aliphatic rings. The van der Waals surface area contributed by atoms with Gasteiger partial charge in [-0.2, -0.15) is 5.26 Å². The number of rotatable bonds is 5. The molecule has 0 saturated carbocycles. The summed E-state index contributed by atoms with van der Waals surface area (Å²) in [6.45, 7) is 3.72. The van der Waals surface area contributed by atoms with Crippen LogP contribution in [0.2, 0.25) is 0 Å². The van der Waals surface area contributed by atoms with Crippen molar-refractivity contribution in [3.05, 3.63) is 120 Å². The number of nitriles is 1. The molecule has 0 aliphatic carbocycles. The average molecular weight is 523 g/mol. The largest absolute Gasteiger partial charge is 0.315 e. The fourth-order valence-electron chi connectivity index (χ4n) is 5.68. The van der Waals surface area contributed by atoms with Gasteiger partial charge in [0.1, 0.15) is 5.82 Å². The summed E-state index contributed by atoms with van der Waals surface area (Å²) in [6.07, 6.45) is 3.67. The summed E-state index contributed by atoms with van der Waals surface area (Å²) < 4.78 is 0. The van der Waals surface area contributed by atoms with E-state index in [2.05, 4.69) is 54.7 Å². The van der Waals surface area contributed by atoms with E-state index in [1.165, 1.54) is 0 Å². The van der Waals surface area contributed by atoms with Crippen LogP contribution in [0.25, 0.3) is 33.0 Å². The zero-order valence-electron chi connectivity index (χ0n) is 22.5. The molecular formula is C35H30N4O. The van der Waals surface area contributed by atoms with Crippen molar-refractivity contribution in [3.63, 3.8) is 0 Å². The Morgan fingerprint density at radius 2 is 1.70 bits per heavy atom. The number of anilines is 1. The minimum Gasteiger partial charge on any atom is -0.315 e. The number of carbonyl (C=O) groups excluding carboxylic acids is 1. The highest BCUT2D eigenvalue weighted by Crippen LogP contribution is 2.33. The smallest absolute Gasteiger partial charge is 0.259 e. The topological polar surface area (TPSA) is 69.0 Å². The fourth-order valence-corrected chi connectivity index (χ4v) is 5.68. The first-order valence-electron chi connectivity index (χ1n) is 13.7. The molecule has 5 nitrogen and oxygen atoms in total. The monoisotopic (exact) mass is 522 g/mol. The van der Waals surface area contributed by atoms with Crippen molar-refractivity contribution in [2.45, 2.75) is 25.8 Å². The number of fused-ring (bicyclic) bond motifs is 1. The van der Waals surface area contributed by atoms with Crippen LogP contribution < -0.4 is 10.2 Å². The van der Waals surface area contributed by atoms with Crippen LogP contribution in [-0.4, -0.2) is 30.0 Å². The number of piperidine rings is 1. The lowest BCUT2D eigenvalue weighted by Crippen LogP contribution is -2.49. The van der Waals surface area contributed by atoms with Gasteiger partial charge in [-0.25, -0.2) is 4.98 Å². The SMILES string of the molecule is Cc1cccc2ccnc(N(C(=O)c3ccc(C#N)c(-c4ccc(-c5ccccc5)cc4)c3)[C@@H]3CCCNC3)c12. The zero-order chi connectivity index (χ0) is 27.5. The maximum atomic E-state index is 14.4. The molecule has 1 atom stereocenters. The van der Waals surface area contributed by atoms with E-state index in [1.54, 1.807) is 18.3 Å². The van der Waals surface area contributed by atoms with Gasteiger partial charge in [-0.3, -0.25) is 9.69 Å². The van der Waals surface area contributed by atoms with Crippen molar-refractivity contribution < 1.29 is 4.79 Å². The Hall–Kier alpha value is -4.79. The summed E-state index contributed by atoms with van der Waals surface area (Å²) in [4.78, 5) is 21.0. The molecule has 5 heteroatoms. The Kier molecular flexibility index (Phi) is 7.09. The summed E-state index contributed by atoms with van der Waals surface area (Å²) in [5.74, 6) is 0.580. The van der Waals surface area contributed by atoms with Crippen LogP contribution in [0.5, 0.6) is 0 Å². The number of nitrogens with zero attached hydrogens (tertiary/aromatic N) is 3. The van der Waals surface area contributed by atoms with Gasteiger partial charge in [-0.15, -0.1) is 0 Å². The van der Waals surface area contributed by atoms with Crippen molar-refractivity contribution in [2.24, 2.45) is 0 Å². The number of benzene rings is 4. The Bertz CT molecular complexity index is 1710. The Morgan fingerprint density at radius 3 is 2.45 bits per heavy atom. The number of hydrogen-bond donors (Lipinski definition) is 1. The van der Waals surface area contributed by atoms with E-state index in [1.807, 2.05) is 53.4 Å². The van der Waals surface area contributed by atoms with Crippen LogP contribution in [-0.2, 0) is 0 Å². The molecule has 196 valence electrons. The van der Waals surface area contributed by atoms with Gasteiger partial charge in [-0.1, -0.05) is 72.8 Å². The van der Waals surface area contributed by atoms with E-state index in [4.69, 9.17) is 4.98 Å². The van der Waals surface area contributed by atoms with E-state index in [0.29, 0.717) is 23.5 Å².